The lowest BCUT2D eigenvalue weighted by Gasteiger charge is -2.07. The van der Waals surface area contributed by atoms with Gasteiger partial charge in [-0.3, -0.25) is 0 Å². The molecule has 0 spiro atoms. The Balaban J connectivity index is 3.13. The van der Waals surface area contributed by atoms with Gasteiger partial charge in [0.1, 0.15) is 0 Å². The number of aliphatic carboxylic acids is 1. The third kappa shape index (κ3) is 1.34. The summed E-state index contributed by atoms with van der Waals surface area (Å²) in [6, 6.07) is 1.20. The molecule has 0 aliphatic rings. The summed E-state index contributed by atoms with van der Waals surface area (Å²) in [4.78, 5) is 10.0. The topological polar surface area (TPSA) is 50.4 Å². The molecule has 0 amide bonds. The Bertz CT molecular complexity index is 307. The molecule has 1 N–H and O–H groups in total. The molecule has 0 radical (unpaired) electrons. The molecule has 0 saturated carbocycles. The SMILES string of the molecule is O=C(O)C(F)(F)c1occc1Br. The second-order valence-electron chi connectivity index (χ2n) is 1.98. The first-order valence-corrected chi connectivity index (χ1v) is 3.60. The minimum atomic E-state index is -3.98. The summed E-state index contributed by atoms with van der Waals surface area (Å²) in [5, 5.41) is 8.11. The smallest absolute Gasteiger partial charge is 0.400 e. The van der Waals surface area contributed by atoms with Crippen LogP contribution in [0.5, 0.6) is 0 Å². The molecule has 0 aromatic carbocycles. The van der Waals surface area contributed by atoms with Crippen molar-refractivity contribution in [2.45, 2.75) is 5.92 Å². The van der Waals surface area contributed by atoms with Crippen molar-refractivity contribution in [1.29, 1.82) is 0 Å². The zero-order chi connectivity index (χ0) is 9.35. The predicted octanol–water partition coefficient (Wildman–Crippen LogP) is 2.22. The minimum absolute atomic E-state index is 0.0603. The molecule has 3 nitrogen and oxygen atoms in total. The number of alkyl halides is 2. The molecule has 1 rings (SSSR count). The van der Waals surface area contributed by atoms with Crippen LogP contribution in [-0.2, 0) is 10.7 Å². The Labute approximate surface area is 74.1 Å². The molecule has 6 heteroatoms. The molecule has 0 aliphatic carbocycles. The number of carboxylic acids is 1. The lowest BCUT2D eigenvalue weighted by Crippen LogP contribution is -2.24. The average molecular weight is 241 g/mol. The normalized spacial score (nSPS) is 11.6. The van der Waals surface area contributed by atoms with Crippen LogP contribution in [0.1, 0.15) is 5.76 Å². The van der Waals surface area contributed by atoms with E-state index < -0.39 is 17.7 Å². The molecular formula is C6H3BrF2O3. The highest BCUT2D eigenvalue weighted by Crippen LogP contribution is 2.34. The van der Waals surface area contributed by atoms with E-state index >= 15 is 0 Å². The van der Waals surface area contributed by atoms with Gasteiger partial charge in [0, 0.05) is 0 Å². The van der Waals surface area contributed by atoms with E-state index in [1.165, 1.54) is 6.07 Å². The first-order valence-electron chi connectivity index (χ1n) is 2.81. The molecule has 0 atom stereocenters. The summed E-state index contributed by atoms with van der Waals surface area (Å²) in [7, 11) is 0. The van der Waals surface area contributed by atoms with Gasteiger partial charge in [0.05, 0.1) is 10.7 Å². The summed E-state index contributed by atoms with van der Waals surface area (Å²) >= 11 is 2.73. The van der Waals surface area contributed by atoms with Gasteiger partial charge in [0.15, 0.2) is 5.76 Å². The van der Waals surface area contributed by atoms with Crippen molar-refractivity contribution in [3.8, 4) is 0 Å². The fraction of sp³-hybridized carbons (Fsp3) is 0.167. The second kappa shape index (κ2) is 2.85. The monoisotopic (exact) mass is 240 g/mol. The van der Waals surface area contributed by atoms with Gasteiger partial charge in [-0.05, 0) is 22.0 Å². The Morgan fingerprint density at radius 1 is 1.67 bits per heavy atom. The van der Waals surface area contributed by atoms with Crippen molar-refractivity contribution < 1.29 is 23.1 Å². The van der Waals surface area contributed by atoms with Crippen molar-refractivity contribution in [3.63, 3.8) is 0 Å². The van der Waals surface area contributed by atoms with E-state index in [9.17, 15) is 13.6 Å². The van der Waals surface area contributed by atoms with Gasteiger partial charge >= 0.3 is 11.9 Å². The van der Waals surface area contributed by atoms with Crippen LogP contribution >= 0.6 is 15.9 Å². The number of halogens is 3. The van der Waals surface area contributed by atoms with Gasteiger partial charge in [0.2, 0.25) is 0 Å². The molecule has 0 saturated heterocycles. The van der Waals surface area contributed by atoms with Crippen molar-refractivity contribution in [1.82, 2.24) is 0 Å². The third-order valence-electron chi connectivity index (χ3n) is 1.17. The molecule has 12 heavy (non-hydrogen) atoms. The van der Waals surface area contributed by atoms with Crippen LogP contribution in [0.25, 0.3) is 0 Å². The maximum Gasteiger partial charge on any atom is 0.400 e. The summed E-state index contributed by atoms with van der Waals surface area (Å²) in [6.45, 7) is 0. The van der Waals surface area contributed by atoms with Crippen molar-refractivity contribution in [2.24, 2.45) is 0 Å². The number of rotatable bonds is 2. The summed E-state index contributed by atoms with van der Waals surface area (Å²) < 4.78 is 29.6. The number of carbonyl (C=O) groups is 1. The number of carboxylic acid groups (broad SMARTS) is 1. The van der Waals surface area contributed by atoms with Gasteiger partial charge in [-0.1, -0.05) is 0 Å². The highest BCUT2D eigenvalue weighted by atomic mass is 79.9. The first kappa shape index (κ1) is 9.18. The quantitative estimate of drug-likeness (QED) is 0.863. The molecule has 0 aliphatic heterocycles. The van der Waals surface area contributed by atoms with Gasteiger partial charge in [-0.2, -0.15) is 8.78 Å². The van der Waals surface area contributed by atoms with Gasteiger partial charge in [-0.25, -0.2) is 4.79 Å². The van der Waals surface area contributed by atoms with E-state index in [1.807, 2.05) is 0 Å². The Morgan fingerprint density at radius 2 is 2.25 bits per heavy atom. The molecule has 0 unspecified atom stereocenters. The van der Waals surface area contributed by atoms with Crippen LogP contribution in [0.4, 0.5) is 8.78 Å². The zero-order valence-corrected chi connectivity index (χ0v) is 7.14. The highest BCUT2D eigenvalue weighted by Gasteiger charge is 2.45. The van der Waals surface area contributed by atoms with Crippen molar-refractivity contribution >= 4 is 21.9 Å². The lowest BCUT2D eigenvalue weighted by molar-refractivity contribution is -0.169. The van der Waals surface area contributed by atoms with E-state index in [-0.39, 0.29) is 4.47 Å². The largest absolute Gasteiger partial charge is 0.476 e. The zero-order valence-electron chi connectivity index (χ0n) is 5.55. The predicted molar refractivity (Wildman–Crippen MR) is 37.9 cm³/mol. The molecule has 1 aromatic rings. The Morgan fingerprint density at radius 3 is 2.58 bits per heavy atom. The summed E-state index contributed by atoms with van der Waals surface area (Å²) in [6.07, 6.45) is 0.982. The van der Waals surface area contributed by atoms with Crippen molar-refractivity contribution in [3.05, 3.63) is 22.6 Å². The van der Waals surface area contributed by atoms with Gasteiger partial charge in [-0.15, -0.1) is 0 Å². The maximum atomic E-state index is 12.6. The van der Waals surface area contributed by atoms with Crippen LogP contribution in [-0.4, -0.2) is 11.1 Å². The fourth-order valence-corrected chi connectivity index (χ4v) is 1.07. The van der Waals surface area contributed by atoms with Crippen LogP contribution < -0.4 is 0 Å². The summed E-state index contributed by atoms with van der Waals surface area (Å²) in [5.41, 5.74) is 0. The van der Waals surface area contributed by atoms with Crippen LogP contribution in [0.3, 0.4) is 0 Å². The second-order valence-corrected chi connectivity index (χ2v) is 2.83. The molecule has 66 valence electrons. The van der Waals surface area contributed by atoms with E-state index in [1.54, 1.807) is 0 Å². The van der Waals surface area contributed by atoms with E-state index in [2.05, 4.69) is 20.3 Å². The summed E-state index contributed by atoms with van der Waals surface area (Å²) in [5.74, 6) is -7.12. The first-order chi connectivity index (χ1) is 5.46. The lowest BCUT2D eigenvalue weighted by atomic mass is 10.2. The third-order valence-corrected chi connectivity index (χ3v) is 1.80. The minimum Gasteiger partial charge on any atom is -0.476 e. The van der Waals surface area contributed by atoms with Gasteiger partial charge in [0.25, 0.3) is 0 Å². The number of furan rings is 1. The van der Waals surface area contributed by atoms with Crippen molar-refractivity contribution in [2.75, 3.05) is 0 Å². The van der Waals surface area contributed by atoms with E-state index in [0.717, 1.165) is 6.26 Å². The standard InChI is InChI=1S/C6H3BrF2O3/c7-3-1-2-12-4(3)6(8,9)5(10)11/h1-2H,(H,10,11). The average Bonchev–Trinajstić information content (AvgIpc) is 2.35. The number of hydrogen-bond donors (Lipinski definition) is 1. The molecular weight excluding hydrogens is 238 g/mol. The fourth-order valence-electron chi connectivity index (χ4n) is 0.615. The van der Waals surface area contributed by atoms with E-state index in [0.29, 0.717) is 0 Å². The Hall–Kier alpha value is -0.910. The van der Waals surface area contributed by atoms with Crippen LogP contribution in [0.2, 0.25) is 0 Å². The van der Waals surface area contributed by atoms with Crippen LogP contribution in [0, 0.1) is 0 Å². The van der Waals surface area contributed by atoms with Crippen LogP contribution in [0.15, 0.2) is 21.2 Å². The highest BCUT2D eigenvalue weighted by molar-refractivity contribution is 9.10. The van der Waals surface area contributed by atoms with Gasteiger partial charge < -0.3 is 9.52 Å². The molecule has 0 fully saturated rings. The molecule has 1 aromatic heterocycles. The molecule has 0 bridgehead atoms. The Kier molecular flexibility index (Phi) is 2.18. The number of hydrogen-bond acceptors (Lipinski definition) is 2. The maximum absolute atomic E-state index is 12.6. The molecule has 1 heterocycles. The van der Waals surface area contributed by atoms with E-state index in [4.69, 9.17) is 5.11 Å².